The molecule has 0 aromatic carbocycles. The summed E-state index contributed by atoms with van der Waals surface area (Å²) in [6, 6.07) is 0. The van der Waals surface area contributed by atoms with Crippen LogP contribution in [0.4, 0.5) is 0 Å². The lowest BCUT2D eigenvalue weighted by Gasteiger charge is -2.24. The average molecular weight is 127 g/mol. The highest BCUT2D eigenvalue weighted by atomic mass is 16.2. The van der Waals surface area contributed by atoms with Crippen LogP contribution in [0.2, 0.25) is 0 Å². The normalized spacial score (nSPS) is 19.7. The highest BCUT2D eigenvalue weighted by Crippen LogP contribution is 2.30. The molecule has 0 N–H and O–H groups in total. The van der Waals surface area contributed by atoms with Crippen LogP contribution < -0.4 is 0 Å². The van der Waals surface area contributed by atoms with Crippen LogP contribution >= 0.6 is 0 Å². The highest BCUT2D eigenvalue weighted by Gasteiger charge is 2.15. The summed E-state index contributed by atoms with van der Waals surface area (Å²) in [5.74, 6) is 0.997. The van der Waals surface area contributed by atoms with Crippen LogP contribution in [0.15, 0.2) is 0 Å². The third-order valence-electron chi connectivity index (χ3n) is 2.23. The minimum absolute atomic E-state index is 0.132. The number of unbranched alkanes of at least 4 members (excludes halogenated alkanes) is 1. The Balaban J connectivity index is 1.80. The fourth-order valence-electron chi connectivity index (χ4n) is 1.32. The summed E-state index contributed by atoms with van der Waals surface area (Å²) in [5.41, 5.74) is 0. The molecule has 0 aromatic heterocycles. The molecule has 9 heavy (non-hydrogen) atoms. The van der Waals surface area contributed by atoms with Gasteiger partial charge in [0.25, 0.3) is 0 Å². The second kappa shape index (κ2) is 3.89. The van der Waals surface area contributed by atoms with Gasteiger partial charge in [-0.1, -0.05) is 32.1 Å². The van der Waals surface area contributed by atoms with E-state index in [1.807, 2.05) is 0 Å². The van der Waals surface area contributed by atoms with E-state index in [1.165, 1.54) is 32.1 Å². The maximum atomic E-state index is 10.0. The Hall–Kier alpha value is -0.0400. The van der Waals surface area contributed by atoms with E-state index in [1.54, 1.807) is 0 Å². The molecule has 1 saturated carbocycles. The van der Waals surface area contributed by atoms with E-state index < -0.39 is 0 Å². The molecule has 1 aliphatic carbocycles. The van der Waals surface area contributed by atoms with Crippen molar-refractivity contribution in [3.8, 4) is 0 Å². The summed E-state index contributed by atoms with van der Waals surface area (Å²) in [6.45, 7) is 0.132. The third-order valence-corrected chi connectivity index (χ3v) is 2.23. The molecule has 1 radical (unpaired) electrons. The van der Waals surface area contributed by atoms with Gasteiger partial charge in [0.15, 0.2) is 0 Å². The zero-order valence-corrected chi connectivity index (χ0v) is 5.94. The van der Waals surface area contributed by atoms with Crippen molar-refractivity contribution in [3.05, 3.63) is 0 Å². The Morgan fingerprint density at radius 2 is 2.00 bits per heavy atom. The van der Waals surface area contributed by atoms with Crippen LogP contribution in [0.3, 0.4) is 0 Å². The zero-order valence-electron chi connectivity index (χ0n) is 5.94. The van der Waals surface area contributed by atoms with Gasteiger partial charge in [0.2, 0.25) is 0 Å². The summed E-state index contributed by atoms with van der Waals surface area (Å²) in [7, 11) is 0. The van der Waals surface area contributed by atoms with E-state index in [2.05, 4.69) is 0 Å². The molecule has 0 heterocycles. The molecule has 1 aliphatic rings. The molecule has 1 fully saturated rings. The second-order valence-electron chi connectivity index (χ2n) is 3.00. The van der Waals surface area contributed by atoms with Crippen molar-refractivity contribution in [1.82, 2.24) is 0 Å². The fraction of sp³-hybridized carbons (Fsp3) is 1.00. The van der Waals surface area contributed by atoms with Crippen molar-refractivity contribution in [2.45, 2.75) is 38.5 Å². The Morgan fingerprint density at radius 3 is 2.44 bits per heavy atom. The van der Waals surface area contributed by atoms with E-state index in [4.69, 9.17) is 0 Å². The summed E-state index contributed by atoms with van der Waals surface area (Å²) >= 11 is 0. The van der Waals surface area contributed by atoms with Crippen molar-refractivity contribution in [2.75, 3.05) is 6.61 Å². The van der Waals surface area contributed by atoms with Gasteiger partial charge < -0.3 is 0 Å². The monoisotopic (exact) mass is 127 g/mol. The molecule has 0 amide bonds. The molecule has 0 spiro atoms. The molecule has 0 saturated heterocycles. The Labute approximate surface area is 57.1 Å². The van der Waals surface area contributed by atoms with E-state index in [-0.39, 0.29) is 6.61 Å². The van der Waals surface area contributed by atoms with E-state index >= 15 is 0 Å². The van der Waals surface area contributed by atoms with Crippen LogP contribution in [0, 0.1) is 5.92 Å². The molecule has 1 heteroatoms. The lowest BCUT2D eigenvalue weighted by Crippen LogP contribution is -2.10. The molecule has 1 nitrogen and oxygen atoms in total. The lowest BCUT2D eigenvalue weighted by molar-refractivity contribution is 0.179. The van der Waals surface area contributed by atoms with Gasteiger partial charge >= 0.3 is 0 Å². The fourth-order valence-corrected chi connectivity index (χ4v) is 1.32. The van der Waals surface area contributed by atoms with Gasteiger partial charge in [-0.3, -0.25) is 0 Å². The molecular formula is C8H15O. The lowest BCUT2D eigenvalue weighted by atomic mass is 9.82. The zero-order chi connectivity index (χ0) is 6.53. The standard InChI is InChI=1S/C8H15O/c9-7-2-1-4-8-5-3-6-8/h8H,1-7H2. The summed E-state index contributed by atoms with van der Waals surface area (Å²) in [4.78, 5) is 0. The first-order chi connectivity index (χ1) is 4.43. The minimum atomic E-state index is 0.132. The number of hydrogen-bond acceptors (Lipinski definition) is 0. The Morgan fingerprint density at radius 1 is 1.22 bits per heavy atom. The topological polar surface area (TPSA) is 19.9 Å². The molecule has 1 rings (SSSR count). The van der Waals surface area contributed by atoms with Crippen molar-refractivity contribution in [2.24, 2.45) is 5.92 Å². The van der Waals surface area contributed by atoms with Crippen LogP contribution in [0.25, 0.3) is 0 Å². The van der Waals surface area contributed by atoms with Crippen LogP contribution in [-0.2, 0) is 5.11 Å². The minimum Gasteiger partial charge on any atom is -0.237 e. The van der Waals surface area contributed by atoms with Gasteiger partial charge in [0.05, 0.1) is 6.61 Å². The average Bonchev–Trinajstić information content (AvgIpc) is 1.76. The smallest absolute Gasteiger partial charge is 0.0822 e. The number of hydrogen-bond donors (Lipinski definition) is 0. The maximum absolute atomic E-state index is 10.0. The summed E-state index contributed by atoms with van der Waals surface area (Å²) in [6.07, 6.45) is 7.69. The molecule has 0 aromatic rings. The second-order valence-corrected chi connectivity index (χ2v) is 3.00. The number of rotatable bonds is 4. The molecule has 0 aliphatic heterocycles. The maximum Gasteiger partial charge on any atom is 0.0822 e. The van der Waals surface area contributed by atoms with Crippen molar-refractivity contribution >= 4 is 0 Å². The van der Waals surface area contributed by atoms with Gasteiger partial charge in [-0.15, -0.1) is 0 Å². The predicted octanol–water partition coefficient (Wildman–Crippen LogP) is 2.39. The van der Waals surface area contributed by atoms with Crippen LogP contribution in [0.1, 0.15) is 38.5 Å². The predicted molar refractivity (Wildman–Crippen MR) is 36.7 cm³/mol. The van der Waals surface area contributed by atoms with Crippen molar-refractivity contribution in [1.29, 1.82) is 0 Å². The van der Waals surface area contributed by atoms with E-state index in [9.17, 15) is 5.11 Å². The molecule has 0 bridgehead atoms. The molecule has 53 valence electrons. The summed E-state index contributed by atoms with van der Waals surface area (Å²) in [5, 5.41) is 10.0. The van der Waals surface area contributed by atoms with Gasteiger partial charge in [-0.2, -0.15) is 0 Å². The Bertz CT molecular complexity index is 67.0. The Kier molecular flexibility index (Phi) is 3.05. The third kappa shape index (κ3) is 2.35. The van der Waals surface area contributed by atoms with Crippen LogP contribution in [0.5, 0.6) is 0 Å². The molecule has 0 atom stereocenters. The van der Waals surface area contributed by atoms with Crippen molar-refractivity contribution in [3.63, 3.8) is 0 Å². The van der Waals surface area contributed by atoms with E-state index in [0.29, 0.717) is 0 Å². The first-order valence-corrected chi connectivity index (χ1v) is 4.01. The quantitative estimate of drug-likeness (QED) is 0.517. The molecule has 0 unspecified atom stereocenters. The van der Waals surface area contributed by atoms with Gasteiger partial charge in [-0.05, 0) is 12.3 Å². The first kappa shape index (κ1) is 7.07. The first-order valence-electron chi connectivity index (χ1n) is 4.01. The van der Waals surface area contributed by atoms with Gasteiger partial charge in [0.1, 0.15) is 0 Å². The largest absolute Gasteiger partial charge is 0.237 e. The highest BCUT2D eigenvalue weighted by molar-refractivity contribution is 4.68. The van der Waals surface area contributed by atoms with E-state index in [0.717, 1.165) is 12.3 Å². The molecular weight excluding hydrogens is 112 g/mol. The summed E-state index contributed by atoms with van der Waals surface area (Å²) < 4.78 is 0. The van der Waals surface area contributed by atoms with Crippen molar-refractivity contribution < 1.29 is 5.11 Å². The van der Waals surface area contributed by atoms with Gasteiger partial charge in [0, 0.05) is 0 Å². The van der Waals surface area contributed by atoms with Gasteiger partial charge in [-0.25, -0.2) is 5.11 Å². The van der Waals surface area contributed by atoms with Crippen LogP contribution in [-0.4, -0.2) is 6.61 Å². The SMILES string of the molecule is [O]CCCCC1CCC1.